The van der Waals surface area contributed by atoms with Gasteiger partial charge in [0.1, 0.15) is 5.82 Å². The van der Waals surface area contributed by atoms with Crippen LogP contribution in [0.15, 0.2) is 18.2 Å². The van der Waals surface area contributed by atoms with E-state index in [2.05, 4.69) is 0 Å². The molecular formula is C14H17BF4O2. The van der Waals surface area contributed by atoms with Gasteiger partial charge in [-0.2, -0.15) is 13.2 Å². The molecule has 1 aliphatic heterocycles. The number of alkyl halides is 3. The summed E-state index contributed by atoms with van der Waals surface area (Å²) in [6.07, 6.45) is -5.52. The third-order valence-electron chi connectivity index (χ3n) is 3.98. The summed E-state index contributed by atoms with van der Waals surface area (Å²) >= 11 is 0. The minimum Gasteiger partial charge on any atom is -0.399 e. The first kappa shape index (κ1) is 16.3. The summed E-state index contributed by atoms with van der Waals surface area (Å²) in [5, 5.41) is 0. The minimum atomic E-state index is -4.36. The molecule has 21 heavy (non-hydrogen) atoms. The third kappa shape index (κ3) is 3.40. The average molecular weight is 304 g/mol. The second-order valence-corrected chi connectivity index (χ2v) is 6.24. The van der Waals surface area contributed by atoms with Crippen LogP contribution in [0.5, 0.6) is 0 Å². The van der Waals surface area contributed by atoms with E-state index < -0.39 is 36.7 Å². The van der Waals surface area contributed by atoms with Crippen molar-refractivity contribution in [3.63, 3.8) is 0 Å². The summed E-state index contributed by atoms with van der Waals surface area (Å²) in [5.41, 5.74) is -1.27. The lowest BCUT2D eigenvalue weighted by molar-refractivity contribution is -0.127. The Bertz CT molecular complexity index is 524. The van der Waals surface area contributed by atoms with Gasteiger partial charge in [-0.3, -0.25) is 0 Å². The molecule has 0 radical (unpaired) electrons. The van der Waals surface area contributed by atoms with E-state index in [-0.39, 0.29) is 11.0 Å². The number of hydrogen-bond donors (Lipinski definition) is 0. The van der Waals surface area contributed by atoms with Crippen molar-refractivity contribution in [2.24, 2.45) is 0 Å². The van der Waals surface area contributed by atoms with Gasteiger partial charge in [-0.25, -0.2) is 4.39 Å². The molecule has 0 N–H and O–H groups in total. The summed E-state index contributed by atoms with van der Waals surface area (Å²) < 4.78 is 62.3. The van der Waals surface area contributed by atoms with Crippen LogP contribution in [0.2, 0.25) is 0 Å². The van der Waals surface area contributed by atoms with Gasteiger partial charge in [-0.15, -0.1) is 0 Å². The van der Waals surface area contributed by atoms with Gasteiger partial charge in [0.25, 0.3) is 0 Å². The van der Waals surface area contributed by atoms with E-state index in [1.54, 1.807) is 0 Å². The first-order valence-electron chi connectivity index (χ1n) is 6.62. The molecule has 1 saturated heterocycles. The second kappa shape index (κ2) is 4.99. The van der Waals surface area contributed by atoms with Gasteiger partial charge in [-0.1, -0.05) is 12.1 Å². The number of benzene rings is 1. The van der Waals surface area contributed by atoms with Crippen molar-refractivity contribution in [2.75, 3.05) is 0 Å². The van der Waals surface area contributed by atoms with Gasteiger partial charge in [0, 0.05) is 5.46 Å². The number of halogens is 4. The van der Waals surface area contributed by atoms with Gasteiger partial charge in [0.2, 0.25) is 0 Å². The second-order valence-electron chi connectivity index (χ2n) is 6.24. The van der Waals surface area contributed by atoms with E-state index in [1.165, 1.54) is 12.1 Å². The summed E-state index contributed by atoms with van der Waals surface area (Å²) in [6.45, 7) is 7.29. The fourth-order valence-corrected chi connectivity index (χ4v) is 2.07. The van der Waals surface area contributed by atoms with Crippen LogP contribution in [0.25, 0.3) is 0 Å². The molecule has 0 bridgehead atoms. The maximum absolute atomic E-state index is 14.1. The van der Waals surface area contributed by atoms with Crippen LogP contribution in [0.1, 0.15) is 33.3 Å². The predicted molar refractivity (Wildman–Crippen MR) is 71.9 cm³/mol. The van der Waals surface area contributed by atoms with E-state index in [0.717, 1.165) is 6.07 Å². The SMILES string of the molecule is CC1(C)OB(c2ccc(CC(F)(F)F)cc2F)OC1(C)C. The van der Waals surface area contributed by atoms with Crippen LogP contribution < -0.4 is 5.46 Å². The highest BCUT2D eigenvalue weighted by atomic mass is 19.4. The van der Waals surface area contributed by atoms with Crippen molar-refractivity contribution < 1.29 is 26.9 Å². The molecule has 1 fully saturated rings. The Hall–Kier alpha value is -1.08. The van der Waals surface area contributed by atoms with Crippen LogP contribution in [0, 0.1) is 5.82 Å². The Kier molecular flexibility index (Phi) is 3.87. The van der Waals surface area contributed by atoms with Crippen molar-refractivity contribution in [1.29, 1.82) is 0 Å². The van der Waals surface area contributed by atoms with Gasteiger partial charge in [0.15, 0.2) is 0 Å². The van der Waals surface area contributed by atoms with Crippen LogP contribution in [0.4, 0.5) is 17.6 Å². The quantitative estimate of drug-likeness (QED) is 0.617. The highest BCUT2D eigenvalue weighted by Crippen LogP contribution is 2.36. The van der Waals surface area contributed by atoms with E-state index >= 15 is 0 Å². The number of rotatable bonds is 2. The molecule has 1 aromatic rings. The van der Waals surface area contributed by atoms with Crippen molar-refractivity contribution in [1.82, 2.24) is 0 Å². The molecule has 116 valence electrons. The molecule has 1 aromatic carbocycles. The molecule has 0 aromatic heterocycles. The Morgan fingerprint density at radius 3 is 2.00 bits per heavy atom. The summed E-state index contributed by atoms with van der Waals surface area (Å²) in [7, 11) is -0.921. The maximum Gasteiger partial charge on any atom is 0.497 e. The monoisotopic (exact) mass is 304 g/mol. The molecule has 0 spiro atoms. The standard InChI is InChI=1S/C14H17BF4O2/c1-12(2)13(3,4)21-15(20-12)10-6-5-9(7-11(10)16)8-14(17,18)19/h5-7H,8H2,1-4H3. The smallest absolute Gasteiger partial charge is 0.399 e. The minimum absolute atomic E-state index is 0.111. The first-order valence-corrected chi connectivity index (χ1v) is 6.62. The zero-order valence-corrected chi connectivity index (χ0v) is 12.3. The molecular weight excluding hydrogens is 287 g/mol. The molecule has 0 atom stereocenters. The highest BCUT2D eigenvalue weighted by molar-refractivity contribution is 6.62. The molecule has 0 saturated carbocycles. The average Bonchev–Trinajstić information content (AvgIpc) is 2.45. The summed E-state index contributed by atoms with van der Waals surface area (Å²) in [5.74, 6) is -0.754. The fourth-order valence-electron chi connectivity index (χ4n) is 2.07. The largest absolute Gasteiger partial charge is 0.497 e. The van der Waals surface area contributed by atoms with Crippen molar-refractivity contribution in [3.8, 4) is 0 Å². The van der Waals surface area contributed by atoms with Gasteiger partial charge in [-0.05, 0) is 39.3 Å². The Labute approximate surface area is 121 Å². The lowest BCUT2D eigenvalue weighted by atomic mass is 9.78. The van der Waals surface area contributed by atoms with Crippen LogP contribution >= 0.6 is 0 Å². The lowest BCUT2D eigenvalue weighted by Crippen LogP contribution is -2.41. The van der Waals surface area contributed by atoms with Crippen LogP contribution in [-0.4, -0.2) is 24.5 Å². The summed E-state index contributed by atoms with van der Waals surface area (Å²) in [6, 6.07) is 3.42. The van der Waals surface area contributed by atoms with Gasteiger partial charge < -0.3 is 9.31 Å². The molecule has 1 aliphatic rings. The van der Waals surface area contributed by atoms with Crippen LogP contribution in [-0.2, 0) is 15.7 Å². The lowest BCUT2D eigenvalue weighted by Gasteiger charge is -2.32. The normalized spacial score (nSPS) is 20.9. The Morgan fingerprint density at radius 2 is 1.57 bits per heavy atom. The zero-order valence-electron chi connectivity index (χ0n) is 12.3. The topological polar surface area (TPSA) is 18.5 Å². The third-order valence-corrected chi connectivity index (χ3v) is 3.98. The molecule has 1 heterocycles. The maximum atomic E-state index is 14.1. The highest BCUT2D eigenvalue weighted by Gasteiger charge is 2.52. The molecule has 0 unspecified atom stereocenters. The first-order chi connectivity index (χ1) is 9.41. The van der Waals surface area contributed by atoms with E-state index in [1.807, 2.05) is 27.7 Å². The molecule has 0 aliphatic carbocycles. The van der Waals surface area contributed by atoms with E-state index in [4.69, 9.17) is 9.31 Å². The molecule has 2 nitrogen and oxygen atoms in total. The van der Waals surface area contributed by atoms with Crippen molar-refractivity contribution in [2.45, 2.75) is 51.5 Å². The van der Waals surface area contributed by atoms with Crippen LogP contribution in [0.3, 0.4) is 0 Å². The molecule has 0 amide bonds. The zero-order chi connectivity index (χ0) is 16.1. The predicted octanol–water partition coefficient (Wildman–Crippen LogP) is 3.23. The van der Waals surface area contributed by atoms with Crippen molar-refractivity contribution >= 4 is 12.6 Å². The van der Waals surface area contributed by atoms with Gasteiger partial charge in [0.05, 0.1) is 17.6 Å². The van der Waals surface area contributed by atoms with E-state index in [9.17, 15) is 17.6 Å². The Balaban J connectivity index is 2.23. The van der Waals surface area contributed by atoms with Gasteiger partial charge >= 0.3 is 13.3 Å². The number of hydrogen-bond acceptors (Lipinski definition) is 2. The Morgan fingerprint density at radius 1 is 1.05 bits per heavy atom. The molecule has 2 rings (SSSR count). The summed E-state index contributed by atoms with van der Waals surface area (Å²) in [4.78, 5) is 0. The van der Waals surface area contributed by atoms with Crippen molar-refractivity contribution in [3.05, 3.63) is 29.6 Å². The van der Waals surface area contributed by atoms with E-state index in [0.29, 0.717) is 0 Å². The fraction of sp³-hybridized carbons (Fsp3) is 0.571. The molecule has 7 heteroatoms.